The fourth-order valence-corrected chi connectivity index (χ4v) is 3.25. The molecule has 3 aromatic rings. The average molecular weight is 376 g/mol. The summed E-state index contributed by atoms with van der Waals surface area (Å²) in [6, 6.07) is 10.8. The number of methoxy groups -OCH3 is 1. The molecule has 0 fully saturated rings. The second kappa shape index (κ2) is 6.89. The molecule has 1 heterocycles. The van der Waals surface area contributed by atoms with Crippen molar-refractivity contribution in [1.29, 1.82) is 0 Å². The molecule has 3 rings (SSSR count). The summed E-state index contributed by atoms with van der Waals surface area (Å²) in [6.45, 7) is 1.76. The Balaban J connectivity index is 1.95. The summed E-state index contributed by atoms with van der Waals surface area (Å²) in [5.41, 5.74) is 2.80. The standard InChI is InChI=1S/C18H17FN2O4S/c1-11-18(13-4-6-14(7-5-13)26(20,22)23)16(21-25-11)10-12-3-8-17(24-2)15(19)9-12/h3-9H,10H2,1-2H3,(H2,20,22,23). The molecule has 0 unspecified atom stereocenters. The van der Waals surface area contributed by atoms with E-state index in [1.54, 1.807) is 31.2 Å². The van der Waals surface area contributed by atoms with Crippen molar-refractivity contribution in [1.82, 2.24) is 5.16 Å². The molecule has 2 aromatic carbocycles. The third-order valence-corrected chi connectivity index (χ3v) is 4.92. The molecule has 6 nitrogen and oxygen atoms in total. The smallest absolute Gasteiger partial charge is 0.238 e. The number of rotatable bonds is 5. The molecular formula is C18H17FN2O4S. The van der Waals surface area contributed by atoms with Crippen LogP contribution in [0.1, 0.15) is 17.0 Å². The van der Waals surface area contributed by atoms with Crippen LogP contribution in [-0.2, 0) is 16.4 Å². The number of hydrogen-bond donors (Lipinski definition) is 1. The van der Waals surface area contributed by atoms with E-state index >= 15 is 0 Å². The van der Waals surface area contributed by atoms with E-state index in [-0.39, 0.29) is 10.6 Å². The fourth-order valence-electron chi connectivity index (χ4n) is 2.73. The van der Waals surface area contributed by atoms with Gasteiger partial charge in [0, 0.05) is 12.0 Å². The molecule has 1 aromatic heterocycles. The van der Waals surface area contributed by atoms with Crippen molar-refractivity contribution in [2.75, 3.05) is 7.11 Å². The summed E-state index contributed by atoms with van der Waals surface area (Å²) in [6.07, 6.45) is 0.352. The molecule has 0 spiro atoms. The summed E-state index contributed by atoms with van der Waals surface area (Å²) in [7, 11) is -2.36. The van der Waals surface area contributed by atoms with Crippen molar-refractivity contribution in [3.05, 3.63) is 65.3 Å². The number of nitrogens with zero attached hydrogens (tertiary/aromatic N) is 1. The van der Waals surface area contributed by atoms with E-state index in [1.807, 2.05) is 0 Å². The minimum atomic E-state index is -3.76. The number of aromatic nitrogens is 1. The minimum absolute atomic E-state index is 0.0223. The van der Waals surface area contributed by atoms with Gasteiger partial charge in [0.15, 0.2) is 11.6 Å². The Kier molecular flexibility index (Phi) is 4.80. The van der Waals surface area contributed by atoms with Gasteiger partial charge in [-0.05, 0) is 42.3 Å². The summed E-state index contributed by atoms with van der Waals surface area (Å²) < 4.78 is 46.9. The summed E-state index contributed by atoms with van der Waals surface area (Å²) in [5.74, 6) is 0.297. The Labute approximate surface area is 150 Å². The molecular weight excluding hydrogens is 359 g/mol. The maximum absolute atomic E-state index is 13.9. The van der Waals surface area contributed by atoms with Gasteiger partial charge >= 0.3 is 0 Å². The van der Waals surface area contributed by atoms with Crippen LogP contribution in [0.4, 0.5) is 4.39 Å². The summed E-state index contributed by atoms with van der Waals surface area (Å²) >= 11 is 0. The highest BCUT2D eigenvalue weighted by atomic mass is 32.2. The van der Waals surface area contributed by atoms with Crippen molar-refractivity contribution in [2.24, 2.45) is 5.14 Å². The van der Waals surface area contributed by atoms with Gasteiger partial charge in [-0.25, -0.2) is 17.9 Å². The lowest BCUT2D eigenvalue weighted by molar-refractivity contribution is 0.385. The quantitative estimate of drug-likeness (QED) is 0.738. The molecule has 0 aliphatic heterocycles. The van der Waals surface area contributed by atoms with Gasteiger partial charge in [0.25, 0.3) is 0 Å². The number of sulfonamides is 1. The molecule has 0 radical (unpaired) electrons. The van der Waals surface area contributed by atoms with Crippen LogP contribution in [0.2, 0.25) is 0 Å². The van der Waals surface area contributed by atoms with Gasteiger partial charge in [-0.15, -0.1) is 0 Å². The van der Waals surface area contributed by atoms with E-state index in [4.69, 9.17) is 14.4 Å². The van der Waals surface area contributed by atoms with Crippen molar-refractivity contribution < 1.29 is 22.1 Å². The van der Waals surface area contributed by atoms with Gasteiger partial charge in [-0.1, -0.05) is 23.4 Å². The maximum atomic E-state index is 13.9. The van der Waals surface area contributed by atoms with Crippen LogP contribution < -0.4 is 9.88 Å². The maximum Gasteiger partial charge on any atom is 0.238 e. The first kappa shape index (κ1) is 18.1. The zero-order chi connectivity index (χ0) is 18.9. The van der Waals surface area contributed by atoms with E-state index < -0.39 is 15.8 Å². The van der Waals surface area contributed by atoms with Crippen LogP contribution in [0, 0.1) is 12.7 Å². The first-order valence-corrected chi connectivity index (χ1v) is 9.25. The van der Waals surface area contributed by atoms with Gasteiger partial charge in [0.2, 0.25) is 10.0 Å². The molecule has 0 saturated heterocycles. The normalized spacial score (nSPS) is 11.5. The third kappa shape index (κ3) is 3.61. The number of halogens is 1. The molecule has 2 N–H and O–H groups in total. The van der Waals surface area contributed by atoms with Crippen LogP contribution in [0.15, 0.2) is 51.9 Å². The minimum Gasteiger partial charge on any atom is -0.494 e. The van der Waals surface area contributed by atoms with Gasteiger partial charge in [-0.3, -0.25) is 0 Å². The first-order chi connectivity index (χ1) is 12.3. The molecule has 136 valence electrons. The number of benzene rings is 2. The van der Waals surface area contributed by atoms with Crippen LogP contribution in [0.3, 0.4) is 0 Å². The van der Waals surface area contributed by atoms with Crippen molar-refractivity contribution in [3.63, 3.8) is 0 Å². The second-order valence-corrected chi connectivity index (χ2v) is 7.34. The lowest BCUT2D eigenvalue weighted by atomic mass is 9.99. The number of primary sulfonamides is 1. The molecule has 0 aliphatic rings. The molecule has 8 heteroatoms. The van der Waals surface area contributed by atoms with Crippen molar-refractivity contribution in [3.8, 4) is 16.9 Å². The highest BCUT2D eigenvalue weighted by Crippen LogP contribution is 2.30. The Morgan fingerprint density at radius 2 is 1.88 bits per heavy atom. The zero-order valence-electron chi connectivity index (χ0n) is 14.2. The lowest BCUT2D eigenvalue weighted by Crippen LogP contribution is -2.11. The van der Waals surface area contributed by atoms with Crippen LogP contribution >= 0.6 is 0 Å². The largest absolute Gasteiger partial charge is 0.494 e. The Morgan fingerprint density at radius 1 is 1.19 bits per heavy atom. The number of nitrogens with two attached hydrogens (primary N) is 1. The third-order valence-electron chi connectivity index (χ3n) is 3.99. The van der Waals surface area contributed by atoms with Crippen LogP contribution in [-0.4, -0.2) is 20.7 Å². The summed E-state index contributed by atoms with van der Waals surface area (Å²) in [4.78, 5) is 0.0223. The van der Waals surface area contributed by atoms with Crippen molar-refractivity contribution in [2.45, 2.75) is 18.2 Å². The number of ether oxygens (including phenoxy) is 1. The monoisotopic (exact) mass is 376 g/mol. The average Bonchev–Trinajstić information content (AvgIpc) is 2.95. The second-order valence-electron chi connectivity index (χ2n) is 5.78. The van der Waals surface area contributed by atoms with Gasteiger partial charge in [0.05, 0.1) is 17.7 Å². The van der Waals surface area contributed by atoms with E-state index in [9.17, 15) is 12.8 Å². The van der Waals surface area contributed by atoms with Gasteiger partial charge in [-0.2, -0.15) is 0 Å². The Bertz CT molecular complexity index is 1040. The number of hydrogen-bond acceptors (Lipinski definition) is 5. The van der Waals surface area contributed by atoms with E-state index in [0.717, 1.165) is 11.1 Å². The predicted molar refractivity (Wildman–Crippen MR) is 93.8 cm³/mol. The molecule has 0 amide bonds. The fraction of sp³-hybridized carbons (Fsp3) is 0.167. The number of aryl methyl sites for hydroxylation is 1. The molecule has 0 saturated carbocycles. The molecule has 0 atom stereocenters. The predicted octanol–water partition coefficient (Wildman–Crippen LogP) is 3.04. The lowest BCUT2D eigenvalue weighted by Gasteiger charge is -2.06. The molecule has 0 aliphatic carbocycles. The zero-order valence-corrected chi connectivity index (χ0v) is 15.0. The first-order valence-electron chi connectivity index (χ1n) is 7.70. The van der Waals surface area contributed by atoms with Crippen molar-refractivity contribution >= 4 is 10.0 Å². The van der Waals surface area contributed by atoms with Gasteiger partial charge < -0.3 is 9.26 Å². The topological polar surface area (TPSA) is 95.4 Å². The van der Waals surface area contributed by atoms with Crippen LogP contribution in [0.5, 0.6) is 5.75 Å². The van der Waals surface area contributed by atoms with E-state index in [2.05, 4.69) is 5.16 Å². The highest BCUT2D eigenvalue weighted by Gasteiger charge is 2.17. The van der Waals surface area contributed by atoms with Gasteiger partial charge in [0.1, 0.15) is 5.76 Å². The molecule has 26 heavy (non-hydrogen) atoms. The highest BCUT2D eigenvalue weighted by molar-refractivity contribution is 7.89. The summed E-state index contributed by atoms with van der Waals surface area (Å²) in [5, 5.41) is 9.18. The Hall–Kier alpha value is -2.71. The SMILES string of the molecule is COc1ccc(Cc2noc(C)c2-c2ccc(S(N)(=O)=O)cc2)cc1F. The van der Waals surface area contributed by atoms with E-state index in [1.165, 1.54) is 25.3 Å². The Morgan fingerprint density at radius 3 is 2.46 bits per heavy atom. The van der Waals surface area contributed by atoms with E-state index in [0.29, 0.717) is 23.4 Å². The molecule has 0 bridgehead atoms. The van der Waals surface area contributed by atoms with Crippen LogP contribution in [0.25, 0.3) is 11.1 Å².